The Hall–Kier alpha value is -5.88. The monoisotopic (exact) mass is 634 g/mol. The van der Waals surface area contributed by atoms with E-state index in [9.17, 15) is 18.4 Å². The molecule has 0 fully saturated rings. The van der Waals surface area contributed by atoms with Crippen molar-refractivity contribution in [1.29, 1.82) is 0 Å². The van der Waals surface area contributed by atoms with Crippen LogP contribution in [-0.4, -0.2) is 11.9 Å². The van der Waals surface area contributed by atoms with E-state index in [1.165, 1.54) is 48.5 Å². The van der Waals surface area contributed by atoms with Gasteiger partial charge in [-0.15, -0.1) is 0 Å². The first-order valence-corrected chi connectivity index (χ1v) is 15.7. The van der Waals surface area contributed by atoms with Gasteiger partial charge < -0.3 is 9.47 Å². The van der Waals surface area contributed by atoms with Crippen molar-refractivity contribution < 1.29 is 27.8 Å². The van der Waals surface area contributed by atoms with Crippen LogP contribution < -0.4 is 9.47 Å². The molecular formula is C42H28F2O4. The lowest BCUT2D eigenvalue weighted by Crippen LogP contribution is -2.44. The van der Waals surface area contributed by atoms with Crippen molar-refractivity contribution in [3.8, 4) is 11.5 Å². The van der Waals surface area contributed by atoms with Gasteiger partial charge in [0.15, 0.2) is 0 Å². The summed E-state index contributed by atoms with van der Waals surface area (Å²) in [6, 6.07) is 38.6. The van der Waals surface area contributed by atoms with Gasteiger partial charge in [0.2, 0.25) is 0 Å². The van der Waals surface area contributed by atoms with Gasteiger partial charge in [0, 0.05) is 17.0 Å². The Kier molecular flexibility index (Phi) is 7.02. The number of esters is 2. The van der Waals surface area contributed by atoms with E-state index in [0.717, 1.165) is 44.5 Å². The molecule has 0 aromatic heterocycles. The van der Waals surface area contributed by atoms with Gasteiger partial charge in [-0.2, -0.15) is 0 Å². The van der Waals surface area contributed by atoms with Crippen molar-refractivity contribution in [2.45, 2.75) is 24.7 Å². The summed E-state index contributed by atoms with van der Waals surface area (Å²) in [5.74, 6) is -1.89. The molecule has 6 aromatic rings. The van der Waals surface area contributed by atoms with E-state index in [4.69, 9.17) is 9.47 Å². The summed E-state index contributed by atoms with van der Waals surface area (Å²) in [6.07, 6.45) is 0.525. The summed E-state index contributed by atoms with van der Waals surface area (Å²) in [5.41, 5.74) is 7.49. The van der Waals surface area contributed by atoms with Crippen LogP contribution in [0.25, 0.3) is 0 Å². The Morgan fingerprint density at radius 3 is 1.62 bits per heavy atom. The second-order valence-electron chi connectivity index (χ2n) is 12.3. The van der Waals surface area contributed by atoms with Gasteiger partial charge in [-0.25, -0.2) is 18.4 Å². The third kappa shape index (κ3) is 4.71. The molecule has 0 saturated heterocycles. The number of benzene rings is 6. The number of hydrogen-bond acceptors (Lipinski definition) is 4. The molecule has 0 saturated carbocycles. The van der Waals surface area contributed by atoms with Crippen LogP contribution in [0.3, 0.4) is 0 Å². The highest BCUT2D eigenvalue weighted by molar-refractivity contribution is 5.93. The summed E-state index contributed by atoms with van der Waals surface area (Å²) < 4.78 is 39.8. The molecule has 2 bridgehead atoms. The van der Waals surface area contributed by atoms with Gasteiger partial charge >= 0.3 is 11.9 Å². The third-order valence-corrected chi connectivity index (χ3v) is 9.50. The molecule has 0 heterocycles. The van der Waals surface area contributed by atoms with Crippen molar-refractivity contribution in [2.75, 3.05) is 0 Å². The van der Waals surface area contributed by atoms with Crippen LogP contribution in [0.1, 0.15) is 71.1 Å². The normalized spacial score (nSPS) is 16.8. The molecule has 3 aliphatic rings. The molecule has 6 aromatic carbocycles. The van der Waals surface area contributed by atoms with E-state index in [1.54, 1.807) is 12.1 Å². The average Bonchev–Trinajstić information content (AvgIpc) is 3.11. The summed E-state index contributed by atoms with van der Waals surface area (Å²) in [4.78, 5) is 27.1. The number of halogens is 2. The van der Waals surface area contributed by atoms with Gasteiger partial charge in [-0.05, 0) is 102 Å². The van der Waals surface area contributed by atoms with Gasteiger partial charge in [0.1, 0.15) is 23.1 Å². The second kappa shape index (κ2) is 11.4. The molecule has 0 aliphatic heterocycles. The number of ether oxygens (including phenoxy) is 2. The predicted molar refractivity (Wildman–Crippen MR) is 178 cm³/mol. The number of aryl methyl sites for hydroxylation is 1. The van der Waals surface area contributed by atoms with Crippen molar-refractivity contribution in [3.05, 3.63) is 201 Å². The van der Waals surface area contributed by atoms with Gasteiger partial charge in [-0.1, -0.05) is 78.4 Å². The fourth-order valence-corrected chi connectivity index (χ4v) is 7.43. The maximum absolute atomic E-state index is 13.7. The maximum Gasteiger partial charge on any atom is 0.343 e. The third-order valence-electron chi connectivity index (χ3n) is 9.50. The highest BCUT2D eigenvalue weighted by atomic mass is 19.1. The van der Waals surface area contributed by atoms with E-state index >= 15 is 0 Å². The van der Waals surface area contributed by atoms with Crippen molar-refractivity contribution in [1.82, 2.24) is 0 Å². The molecule has 0 spiro atoms. The second-order valence-corrected chi connectivity index (χ2v) is 12.3. The Balaban J connectivity index is 1.39. The molecule has 0 atom stereocenters. The van der Waals surface area contributed by atoms with Crippen molar-refractivity contribution in [2.24, 2.45) is 0 Å². The Labute approximate surface area is 276 Å². The number of rotatable bonds is 6. The van der Waals surface area contributed by atoms with Crippen LogP contribution in [-0.2, 0) is 11.8 Å². The van der Waals surface area contributed by atoms with Gasteiger partial charge in [0.05, 0.1) is 16.5 Å². The molecule has 48 heavy (non-hydrogen) atoms. The zero-order valence-corrected chi connectivity index (χ0v) is 25.9. The summed E-state index contributed by atoms with van der Waals surface area (Å²) in [5, 5.41) is 0. The fraction of sp³-hybridized carbons (Fsp3) is 0.0952. The number of carbonyl (C=O) groups excluding carboxylic acids is 2. The minimum absolute atomic E-state index is 0.200. The number of hydrogen-bond donors (Lipinski definition) is 0. The summed E-state index contributed by atoms with van der Waals surface area (Å²) in [7, 11) is 0. The van der Waals surface area contributed by atoms with Crippen LogP contribution in [0.4, 0.5) is 8.78 Å². The first-order valence-electron chi connectivity index (χ1n) is 15.7. The van der Waals surface area contributed by atoms with Crippen LogP contribution in [0, 0.1) is 18.6 Å². The minimum Gasteiger partial charge on any atom is -0.423 e. The Morgan fingerprint density at radius 2 is 1.08 bits per heavy atom. The smallest absolute Gasteiger partial charge is 0.343 e. The number of carbonyl (C=O) groups is 2. The molecule has 9 rings (SSSR count). The highest BCUT2D eigenvalue weighted by Gasteiger charge is 2.54. The SMILES string of the molecule is Cc1ccc(CC23c4ccccc4C(c4ccccc42)c2c(OC(=O)c4ccc(F)cc4)ccc(OC(=O)c4ccc(F)cc4)c23)cc1. The zero-order chi connectivity index (χ0) is 33.0. The van der Waals surface area contributed by atoms with E-state index in [1.807, 2.05) is 31.2 Å². The van der Waals surface area contributed by atoms with Gasteiger partial charge in [-0.3, -0.25) is 0 Å². The van der Waals surface area contributed by atoms with E-state index < -0.39 is 29.0 Å². The van der Waals surface area contributed by atoms with E-state index in [2.05, 4.69) is 48.5 Å². The van der Waals surface area contributed by atoms with E-state index in [-0.39, 0.29) is 17.0 Å². The largest absolute Gasteiger partial charge is 0.423 e. The molecule has 234 valence electrons. The first kappa shape index (κ1) is 29.5. The molecule has 0 amide bonds. The van der Waals surface area contributed by atoms with Crippen LogP contribution in [0.15, 0.2) is 133 Å². The maximum atomic E-state index is 13.7. The first-order chi connectivity index (χ1) is 23.3. The lowest BCUT2D eigenvalue weighted by molar-refractivity contribution is 0.0714. The Bertz CT molecular complexity index is 2170. The van der Waals surface area contributed by atoms with Crippen molar-refractivity contribution >= 4 is 11.9 Å². The minimum atomic E-state index is -0.844. The van der Waals surface area contributed by atoms with Crippen LogP contribution in [0.2, 0.25) is 0 Å². The standard InChI is InChI=1S/C42H28F2O4/c1-25-10-12-26(13-11-25)24-42-33-8-4-2-6-31(33)37(32-7-3-5-9-34(32)42)38-35(47-40(45)27-14-18-29(43)19-15-27)22-23-36(39(38)42)48-41(46)28-16-20-30(44)21-17-28/h2-23,37H,24H2,1H3. The molecule has 0 unspecified atom stereocenters. The summed E-state index contributed by atoms with van der Waals surface area (Å²) >= 11 is 0. The lowest BCUT2D eigenvalue weighted by atomic mass is 9.51. The molecule has 6 heteroatoms. The average molecular weight is 635 g/mol. The fourth-order valence-electron chi connectivity index (χ4n) is 7.43. The molecule has 4 nitrogen and oxygen atoms in total. The molecule has 3 aliphatic carbocycles. The molecular weight excluding hydrogens is 606 g/mol. The van der Waals surface area contributed by atoms with Crippen LogP contribution >= 0.6 is 0 Å². The quantitative estimate of drug-likeness (QED) is 0.136. The summed E-state index contributed by atoms with van der Waals surface area (Å²) in [6.45, 7) is 2.04. The zero-order valence-electron chi connectivity index (χ0n) is 25.9. The lowest BCUT2D eigenvalue weighted by Gasteiger charge is -2.51. The topological polar surface area (TPSA) is 52.6 Å². The molecule has 0 radical (unpaired) electrons. The van der Waals surface area contributed by atoms with E-state index in [0.29, 0.717) is 17.9 Å². The highest BCUT2D eigenvalue weighted by Crippen LogP contribution is 2.64. The van der Waals surface area contributed by atoms with Gasteiger partial charge in [0.25, 0.3) is 0 Å². The van der Waals surface area contributed by atoms with Crippen molar-refractivity contribution in [3.63, 3.8) is 0 Å². The predicted octanol–water partition coefficient (Wildman–Crippen LogP) is 9.10. The van der Waals surface area contributed by atoms with Crippen LogP contribution in [0.5, 0.6) is 11.5 Å². The molecule has 0 N–H and O–H groups in total. The Morgan fingerprint density at radius 1 is 0.604 bits per heavy atom.